The molecule has 28 heavy (non-hydrogen) atoms. The Labute approximate surface area is 167 Å². The van der Waals surface area contributed by atoms with Gasteiger partial charge in [-0.3, -0.25) is 14.9 Å². The molecule has 2 aromatic carbocycles. The van der Waals surface area contributed by atoms with E-state index < -0.39 is 4.92 Å². The third kappa shape index (κ3) is 4.04. The number of non-ortho nitro benzene ring substituents is 1. The number of hydrogen-bond donors (Lipinski definition) is 1. The molecule has 1 aromatic heterocycles. The molecule has 1 N–H and O–H groups in total. The Kier molecular flexibility index (Phi) is 5.75. The summed E-state index contributed by atoms with van der Waals surface area (Å²) in [4.78, 5) is 23.2. The van der Waals surface area contributed by atoms with Crippen molar-refractivity contribution in [2.45, 2.75) is 26.3 Å². The van der Waals surface area contributed by atoms with Crippen LogP contribution < -0.4 is 5.32 Å². The molecular weight excluding hydrogens is 380 g/mol. The predicted molar refractivity (Wildman–Crippen MR) is 108 cm³/mol. The lowest BCUT2D eigenvalue weighted by Crippen LogP contribution is -2.33. The summed E-state index contributed by atoms with van der Waals surface area (Å²) in [6, 6.07) is 14.8. The topological polar surface area (TPSA) is 90.1 Å². The van der Waals surface area contributed by atoms with Crippen LogP contribution in [0.5, 0.6) is 0 Å². The van der Waals surface area contributed by atoms with Gasteiger partial charge in [0.25, 0.3) is 11.6 Å². The van der Waals surface area contributed by atoms with Gasteiger partial charge in [0.1, 0.15) is 5.69 Å². The van der Waals surface area contributed by atoms with Gasteiger partial charge in [-0.15, -0.1) is 0 Å². The first-order valence-corrected chi connectivity index (χ1v) is 9.19. The average Bonchev–Trinajstić information content (AvgIpc) is 3.13. The molecule has 0 aliphatic carbocycles. The zero-order chi connectivity index (χ0) is 20.3. The first-order valence-electron chi connectivity index (χ1n) is 8.81. The molecular formula is C20H19ClN4O3. The molecule has 144 valence electrons. The third-order valence-electron chi connectivity index (χ3n) is 4.39. The number of aromatic nitrogens is 2. The van der Waals surface area contributed by atoms with E-state index in [1.165, 1.54) is 16.8 Å². The van der Waals surface area contributed by atoms with Crippen LogP contribution in [0.3, 0.4) is 0 Å². The zero-order valence-corrected chi connectivity index (χ0v) is 16.2. The Morgan fingerprint density at radius 3 is 2.54 bits per heavy atom. The minimum atomic E-state index is -0.461. The molecule has 0 saturated carbocycles. The van der Waals surface area contributed by atoms with Gasteiger partial charge in [0.05, 0.1) is 21.3 Å². The van der Waals surface area contributed by atoms with Gasteiger partial charge in [0, 0.05) is 23.7 Å². The number of nitrogens with zero attached hydrogens (tertiary/aromatic N) is 3. The summed E-state index contributed by atoms with van der Waals surface area (Å²) in [5, 5.41) is 18.8. The van der Waals surface area contributed by atoms with Crippen LogP contribution in [0.2, 0.25) is 5.02 Å². The van der Waals surface area contributed by atoms with Gasteiger partial charge in [-0.1, -0.05) is 30.7 Å². The molecule has 1 unspecified atom stereocenters. The maximum Gasteiger partial charge on any atom is 0.270 e. The molecule has 0 saturated heterocycles. The Hall–Kier alpha value is -3.19. The maximum atomic E-state index is 12.8. The summed E-state index contributed by atoms with van der Waals surface area (Å²) in [5.41, 5.74) is 2.08. The van der Waals surface area contributed by atoms with Gasteiger partial charge in [0.2, 0.25) is 0 Å². The average molecular weight is 399 g/mol. The Balaban J connectivity index is 2.08. The van der Waals surface area contributed by atoms with Gasteiger partial charge >= 0.3 is 0 Å². The van der Waals surface area contributed by atoms with Crippen molar-refractivity contribution >= 4 is 23.2 Å². The van der Waals surface area contributed by atoms with Crippen LogP contribution in [-0.2, 0) is 0 Å². The molecule has 3 aromatic rings. The molecule has 7 nitrogen and oxygen atoms in total. The summed E-state index contributed by atoms with van der Waals surface area (Å²) in [6.45, 7) is 3.91. The van der Waals surface area contributed by atoms with Crippen LogP contribution >= 0.6 is 11.6 Å². The Morgan fingerprint density at radius 2 is 1.93 bits per heavy atom. The summed E-state index contributed by atoms with van der Waals surface area (Å²) < 4.78 is 1.50. The SMILES string of the molecule is CCC(C)NC(=O)c1cc(-c2ccc([N+](=O)[O-])cc2)nn1-c1ccccc1Cl. The lowest BCUT2D eigenvalue weighted by molar-refractivity contribution is -0.384. The maximum absolute atomic E-state index is 12.8. The van der Waals surface area contributed by atoms with Crippen LogP contribution in [-0.4, -0.2) is 26.7 Å². The molecule has 0 aliphatic rings. The molecule has 0 bridgehead atoms. The Bertz CT molecular complexity index is 1010. The van der Waals surface area contributed by atoms with Crippen molar-refractivity contribution in [1.29, 1.82) is 0 Å². The number of carbonyl (C=O) groups excluding carboxylic acids is 1. The summed E-state index contributed by atoms with van der Waals surface area (Å²) in [5.74, 6) is -0.269. The largest absolute Gasteiger partial charge is 0.348 e. The van der Waals surface area contributed by atoms with Gasteiger partial charge < -0.3 is 5.32 Å². The number of amides is 1. The first kappa shape index (κ1) is 19.6. The highest BCUT2D eigenvalue weighted by molar-refractivity contribution is 6.32. The number of nitrogens with one attached hydrogen (secondary N) is 1. The molecule has 1 amide bonds. The number of para-hydroxylation sites is 1. The van der Waals surface area contributed by atoms with E-state index >= 15 is 0 Å². The number of nitro benzene ring substituents is 1. The van der Waals surface area contributed by atoms with E-state index in [1.807, 2.05) is 19.9 Å². The molecule has 0 fully saturated rings. The normalized spacial score (nSPS) is 11.8. The van der Waals surface area contributed by atoms with Crippen molar-refractivity contribution in [2.24, 2.45) is 0 Å². The van der Waals surface area contributed by atoms with Crippen LogP contribution in [0.4, 0.5) is 5.69 Å². The van der Waals surface area contributed by atoms with E-state index in [4.69, 9.17) is 11.6 Å². The minimum Gasteiger partial charge on any atom is -0.348 e. The summed E-state index contributed by atoms with van der Waals surface area (Å²) in [6.07, 6.45) is 0.793. The molecule has 1 atom stereocenters. The van der Waals surface area contributed by atoms with Crippen LogP contribution in [0.1, 0.15) is 30.8 Å². The fraction of sp³-hybridized carbons (Fsp3) is 0.200. The van der Waals surface area contributed by atoms with Gasteiger partial charge in [-0.25, -0.2) is 4.68 Å². The molecule has 1 heterocycles. The highest BCUT2D eigenvalue weighted by Gasteiger charge is 2.20. The number of rotatable bonds is 6. The van der Waals surface area contributed by atoms with Gasteiger partial charge in [-0.2, -0.15) is 5.10 Å². The van der Waals surface area contributed by atoms with E-state index in [9.17, 15) is 14.9 Å². The van der Waals surface area contributed by atoms with E-state index in [2.05, 4.69) is 10.4 Å². The van der Waals surface area contributed by atoms with Crippen LogP contribution in [0, 0.1) is 10.1 Å². The molecule has 0 spiro atoms. The highest BCUT2D eigenvalue weighted by Crippen LogP contribution is 2.27. The van der Waals surface area contributed by atoms with Gasteiger partial charge in [-0.05, 0) is 43.7 Å². The zero-order valence-electron chi connectivity index (χ0n) is 15.4. The molecule has 8 heteroatoms. The minimum absolute atomic E-state index is 0.00456. The van der Waals surface area contributed by atoms with E-state index in [0.717, 1.165) is 6.42 Å². The van der Waals surface area contributed by atoms with Crippen LogP contribution in [0.15, 0.2) is 54.6 Å². The molecule has 0 radical (unpaired) electrons. The number of benzene rings is 2. The van der Waals surface area contributed by atoms with Crippen molar-refractivity contribution in [3.05, 3.63) is 75.4 Å². The standard InChI is InChI=1S/C20H19ClN4O3/c1-3-13(2)22-20(26)19-12-17(14-8-10-15(11-9-14)25(27)28)23-24(19)18-7-5-4-6-16(18)21/h4-13H,3H2,1-2H3,(H,22,26). The number of nitro groups is 1. The van der Waals surface area contributed by atoms with Crippen molar-refractivity contribution in [2.75, 3.05) is 0 Å². The van der Waals surface area contributed by atoms with E-state index in [0.29, 0.717) is 27.7 Å². The third-order valence-corrected chi connectivity index (χ3v) is 4.71. The second-order valence-electron chi connectivity index (χ2n) is 6.36. The molecule has 3 rings (SSSR count). The highest BCUT2D eigenvalue weighted by atomic mass is 35.5. The van der Waals surface area contributed by atoms with Gasteiger partial charge in [0.15, 0.2) is 0 Å². The van der Waals surface area contributed by atoms with E-state index in [-0.39, 0.29) is 17.6 Å². The summed E-state index contributed by atoms with van der Waals surface area (Å²) in [7, 11) is 0. The first-order chi connectivity index (χ1) is 13.4. The fourth-order valence-corrected chi connectivity index (χ4v) is 2.86. The predicted octanol–water partition coefficient (Wildman–Crippen LogP) is 4.63. The van der Waals surface area contributed by atoms with Crippen molar-refractivity contribution in [1.82, 2.24) is 15.1 Å². The van der Waals surface area contributed by atoms with E-state index in [1.54, 1.807) is 36.4 Å². The monoisotopic (exact) mass is 398 g/mol. The summed E-state index contributed by atoms with van der Waals surface area (Å²) >= 11 is 6.31. The van der Waals surface area contributed by atoms with Crippen molar-refractivity contribution < 1.29 is 9.72 Å². The second-order valence-corrected chi connectivity index (χ2v) is 6.77. The van der Waals surface area contributed by atoms with Crippen LogP contribution in [0.25, 0.3) is 16.9 Å². The molecule has 0 aliphatic heterocycles. The smallest absolute Gasteiger partial charge is 0.270 e. The number of halogens is 1. The Morgan fingerprint density at radius 1 is 1.25 bits per heavy atom. The lowest BCUT2D eigenvalue weighted by Gasteiger charge is -2.13. The number of carbonyl (C=O) groups is 1. The van der Waals surface area contributed by atoms with Crippen molar-refractivity contribution in [3.8, 4) is 16.9 Å². The lowest BCUT2D eigenvalue weighted by atomic mass is 10.1. The quantitative estimate of drug-likeness (QED) is 0.484. The number of hydrogen-bond acceptors (Lipinski definition) is 4. The second kappa shape index (κ2) is 8.22. The fourth-order valence-electron chi connectivity index (χ4n) is 2.64. The van der Waals surface area contributed by atoms with Crippen molar-refractivity contribution in [3.63, 3.8) is 0 Å².